The smallest absolute Gasteiger partial charge is 0.240 e. The van der Waals surface area contributed by atoms with E-state index in [1.54, 1.807) is 24.3 Å². The normalized spacial score (nSPS) is 12.4. The number of sulfonamides is 1. The van der Waals surface area contributed by atoms with Gasteiger partial charge in [0.05, 0.1) is 11.4 Å². The monoisotopic (exact) mass is 360 g/mol. The lowest BCUT2D eigenvalue weighted by molar-refractivity contribution is 0.560. The van der Waals surface area contributed by atoms with E-state index in [0.717, 1.165) is 11.3 Å². The number of aliphatic imine (C=N–C) groups is 1. The number of hydrogen-bond donors (Lipinski definition) is 3. The zero-order valence-electron chi connectivity index (χ0n) is 14.4. The van der Waals surface area contributed by atoms with Crippen LogP contribution in [0, 0.1) is 5.92 Å². The van der Waals surface area contributed by atoms with E-state index in [9.17, 15) is 8.42 Å². The lowest BCUT2D eigenvalue weighted by atomic mass is 10.2. The van der Waals surface area contributed by atoms with Gasteiger partial charge in [0.15, 0.2) is 5.96 Å². The molecule has 0 aliphatic carbocycles. The molecule has 0 aromatic heterocycles. The number of para-hydroxylation sites is 1. The summed E-state index contributed by atoms with van der Waals surface area (Å²) in [6, 6.07) is 16.2. The van der Waals surface area contributed by atoms with Gasteiger partial charge in [0, 0.05) is 12.2 Å². The van der Waals surface area contributed by atoms with E-state index in [1.165, 1.54) is 0 Å². The van der Waals surface area contributed by atoms with Gasteiger partial charge in [-0.1, -0.05) is 44.2 Å². The molecular formula is C18H24N4O2S. The van der Waals surface area contributed by atoms with Crippen LogP contribution in [0.2, 0.25) is 0 Å². The Morgan fingerprint density at radius 2 is 1.72 bits per heavy atom. The number of nitrogens with one attached hydrogen (secondary N) is 2. The number of nitrogens with two attached hydrogens (primary N) is 1. The van der Waals surface area contributed by atoms with Crippen LogP contribution in [-0.4, -0.2) is 20.9 Å². The Morgan fingerprint density at radius 1 is 1.08 bits per heavy atom. The molecule has 2 rings (SSSR count). The standard InChI is InChI=1S/C18H24N4O2S/c1-14(2)12-21-25(23,24)17-10-8-15(9-11-17)13-20-18(19)22-16-6-4-3-5-7-16/h3-11,14,21H,12-13H2,1-2H3,(H3,19,20,22). The molecule has 2 aromatic carbocycles. The van der Waals surface area contributed by atoms with Crippen LogP contribution >= 0.6 is 0 Å². The summed E-state index contributed by atoms with van der Waals surface area (Å²) in [5.74, 6) is 0.560. The highest BCUT2D eigenvalue weighted by molar-refractivity contribution is 7.89. The number of rotatable bonds is 7. The van der Waals surface area contributed by atoms with Gasteiger partial charge in [-0.25, -0.2) is 18.1 Å². The summed E-state index contributed by atoms with van der Waals surface area (Å²) in [7, 11) is -3.47. The Balaban J connectivity index is 1.97. The van der Waals surface area contributed by atoms with Crippen LogP contribution < -0.4 is 15.8 Å². The zero-order valence-corrected chi connectivity index (χ0v) is 15.3. The van der Waals surface area contributed by atoms with Gasteiger partial charge in [-0.3, -0.25) is 0 Å². The molecule has 0 saturated carbocycles. The highest BCUT2D eigenvalue weighted by atomic mass is 32.2. The number of hydrogen-bond acceptors (Lipinski definition) is 3. The summed E-state index contributed by atoms with van der Waals surface area (Å²) in [4.78, 5) is 4.51. The predicted molar refractivity (Wildman–Crippen MR) is 102 cm³/mol. The van der Waals surface area contributed by atoms with Crippen molar-refractivity contribution in [1.29, 1.82) is 0 Å². The van der Waals surface area contributed by atoms with Gasteiger partial charge in [0.2, 0.25) is 10.0 Å². The summed E-state index contributed by atoms with van der Waals surface area (Å²) in [6.07, 6.45) is 0. The van der Waals surface area contributed by atoms with E-state index in [0.29, 0.717) is 19.0 Å². The van der Waals surface area contributed by atoms with Crippen molar-refractivity contribution in [2.24, 2.45) is 16.6 Å². The van der Waals surface area contributed by atoms with Crippen molar-refractivity contribution in [1.82, 2.24) is 4.72 Å². The third kappa shape index (κ3) is 6.21. The third-order valence-electron chi connectivity index (χ3n) is 3.39. The minimum Gasteiger partial charge on any atom is -0.370 e. The molecule has 0 saturated heterocycles. The third-order valence-corrected chi connectivity index (χ3v) is 4.83. The first-order valence-electron chi connectivity index (χ1n) is 8.07. The van der Waals surface area contributed by atoms with Crippen LogP contribution in [-0.2, 0) is 16.6 Å². The van der Waals surface area contributed by atoms with Gasteiger partial charge >= 0.3 is 0 Å². The SMILES string of the molecule is CC(C)CNS(=O)(=O)c1ccc(CN=C(N)Nc2ccccc2)cc1. The lowest BCUT2D eigenvalue weighted by Gasteiger charge is -2.09. The lowest BCUT2D eigenvalue weighted by Crippen LogP contribution is -2.27. The van der Waals surface area contributed by atoms with E-state index in [1.807, 2.05) is 44.2 Å². The number of guanidine groups is 1. The Labute approximate surface area is 149 Å². The van der Waals surface area contributed by atoms with Crippen molar-refractivity contribution in [2.45, 2.75) is 25.3 Å². The fraction of sp³-hybridized carbons (Fsp3) is 0.278. The van der Waals surface area contributed by atoms with Crippen molar-refractivity contribution in [2.75, 3.05) is 11.9 Å². The Morgan fingerprint density at radius 3 is 2.32 bits per heavy atom. The van der Waals surface area contributed by atoms with Crippen molar-refractivity contribution in [3.05, 3.63) is 60.2 Å². The van der Waals surface area contributed by atoms with E-state index >= 15 is 0 Å². The maximum absolute atomic E-state index is 12.1. The molecule has 25 heavy (non-hydrogen) atoms. The van der Waals surface area contributed by atoms with Gasteiger partial charge in [0.1, 0.15) is 0 Å². The summed E-state index contributed by atoms with van der Waals surface area (Å²) in [5, 5.41) is 3.00. The first-order chi connectivity index (χ1) is 11.9. The van der Waals surface area contributed by atoms with Gasteiger partial charge in [-0.05, 0) is 35.7 Å². The molecule has 0 bridgehead atoms. The van der Waals surface area contributed by atoms with Crippen LogP contribution in [0.25, 0.3) is 0 Å². The predicted octanol–water partition coefficient (Wildman–Crippen LogP) is 2.55. The minimum atomic E-state index is -3.47. The molecule has 2 aromatic rings. The van der Waals surface area contributed by atoms with Crippen LogP contribution in [0.3, 0.4) is 0 Å². The molecule has 0 amide bonds. The molecule has 7 heteroatoms. The Hall–Kier alpha value is -2.38. The Kier molecular flexibility index (Phi) is 6.55. The average Bonchev–Trinajstić information content (AvgIpc) is 2.59. The second kappa shape index (κ2) is 8.64. The van der Waals surface area contributed by atoms with E-state index < -0.39 is 10.0 Å². The molecule has 6 nitrogen and oxygen atoms in total. The van der Waals surface area contributed by atoms with Gasteiger partial charge in [0.25, 0.3) is 0 Å². The van der Waals surface area contributed by atoms with Gasteiger partial charge in [-0.2, -0.15) is 0 Å². The molecule has 0 radical (unpaired) electrons. The van der Waals surface area contributed by atoms with Crippen molar-refractivity contribution < 1.29 is 8.42 Å². The molecule has 134 valence electrons. The van der Waals surface area contributed by atoms with Crippen LogP contribution in [0.15, 0.2) is 64.5 Å². The van der Waals surface area contributed by atoms with Crippen LogP contribution in [0.1, 0.15) is 19.4 Å². The number of anilines is 1. The molecular weight excluding hydrogens is 336 g/mol. The van der Waals surface area contributed by atoms with Crippen molar-refractivity contribution >= 4 is 21.7 Å². The second-order valence-electron chi connectivity index (χ2n) is 6.08. The van der Waals surface area contributed by atoms with E-state index in [2.05, 4.69) is 15.0 Å². The topological polar surface area (TPSA) is 96.6 Å². The molecule has 0 heterocycles. The van der Waals surface area contributed by atoms with Crippen molar-refractivity contribution in [3.63, 3.8) is 0 Å². The first kappa shape index (κ1) is 19.0. The van der Waals surface area contributed by atoms with Gasteiger partial charge < -0.3 is 11.1 Å². The highest BCUT2D eigenvalue weighted by Gasteiger charge is 2.13. The van der Waals surface area contributed by atoms with E-state index in [-0.39, 0.29) is 10.8 Å². The summed E-state index contributed by atoms with van der Waals surface area (Å²) in [6.45, 7) is 4.69. The largest absolute Gasteiger partial charge is 0.370 e. The zero-order chi connectivity index (χ0) is 18.3. The molecule has 4 N–H and O–H groups in total. The minimum absolute atomic E-state index is 0.247. The van der Waals surface area contributed by atoms with E-state index in [4.69, 9.17) is 5.73 Å². The quantitative estimate of drug-likeness (QED) is 0.522. The Bertz CT molecular complexity index is 801. The first-order valence-corrected chi connectivity index (χ1v) is 9.56. The molecule has 0 spiro atoms. The molecule has 0 aliphatic rings. The van der Waals surface area contributed by atoms with Crippen LogP contribution in [0.5, 0.6) is 0 Å². The van der Waals surface area contributed by atoms with Gasteiger partial charge in [-0.15, -0.1) is 0 Å². The summed E-state index contributed by atoms with van der Waals surface area (Å²) in [5.41, 5.74) is 7.59. The average molecular weight is 360 g/mol. The van der Waals surface area contributed by atoms with Crippen LogP contribution in [0.4, 0.5) is 5.69 Å². The van der Waals surface area contributed by atoms with Crippen molar-refractivity contribution in [3.8, 4) is 0 Å². The molecule has 0 aliphatic heterocycles. The number of benzene rings is 2. The maximum atomic E-state index is 12.1. The summed E-state index contributed by atoms with van der Waals surface area (Å²) < 4.78 is 26.9. The number of nitrogens with zero attached hydrogens (tertiary/aromatic N) is 1. The second-order valence-corrected chi connectivity index (χ2v) is 7.85. The molecule has 0 fully saturated rings. The fourth-order valence-electron chi connectivity index (χ4n) is 2.02. The maximum Gasteiger partial charge on any atom is 0.240 e. The summed E-state index contributed by atoms with van der Waals surface area (Å²) >= 11 is 0. The highest BCUT2D eigenvalue weighted by Crippen LogP contribution is 2.12. The molecule has 0 atom stereocenters. The molecule has 0 unspecified atom stereocenters. The fourth-order valence-corrected chi connectivity index (χ4v) is 3.23.